The van der Waals surface area contributed by atoms with Crippen LogP contribution in [-0.4, -0.2) is 35.7 Å². The predicted molar refractivity (Wildman–Crippen MR) is 98.2 cm³/mol. The Morgan fingerprint density at radius 3 is 2.83 bits per heavy atom. The fraction of sp³-hybridized carbons (Fsp3) is 0.474. The van der Waals surface area contributed by atoms with E-state index in [4.69, 9.17) is 0 Å². The standard InChI is InChI=1S/C19H24N2O2S/c1-4-5-18(23)21-9-8-14-10-17(16(22)11-20-15-6-7-15)24-19(14)12(2)13(21)3/h4,10,15,20H,1,5-9,11H2,2-3H3. The minimum atomic E-state index is 0.0851. The van der Waals surface area contributed by atoms with E-state index in [9.17, 15) is 9.59 Å². The molecule has 0 spiro atoms. The molecule has 4 nitrogen and oxygen atoms in total. The van der Waals surface area contributed by atoms with Crippen LogP contribution in [0.2, 0.25) is 0 Å². The first-order valence-electron chi connectivity index (χ1n) is 8.49. The van der Waals surface area contributed by atoms with E-state index in [1.165, 1.54) is 18.4 Å². The Bertz CT molecular complexity index is 713. The predicted octanol–water partition coefficient (Wildman–Crippen LogP) is 3.39. The lowest BCUT2D eigenvalue weighted by Crippen LogP contribution is -2.30. The van der Waals surface area contributed by atoms with Gasteiger partial charge in [0.15, 0.2) is 5.78 Å². The van der Waals surface area contributed by atoms with Gasteiger partial charge < -0.3 is 10.2 Å². The first-order chi connectivity index (χ1) is 11.5. The minimum absolute atomic E-state index is 0.0851. The van der Waals surface area contributed by atoms with Gasteiger partial charge in [0.25, 0.3) is 0 Å². The molecule has 0 radical (unpaired) electrons. The fourth-order valence-corrected chi connectivity index (χ4v) is 4.19. The summed E-state index contributed by atoms with van der Waals surface area (Å²) < 4.78 is 0. The molecule has 1 saturated carbocycles. The van der Waals surface area contributed by atoms with Crippen molar-refractivity contribution in [3.63, 3.8) is 0 Å². The zero-order valence-electron chi connectivity index (χ0n) is 14.4. The van der Waals surface area contributed by atoms with E-state index in [1.807, 2.05) is 24.8 Å². The molecule has 1 N–H and O–H groups in total. The maximum Gasteiger partial charge on any atom is 0.230 e. The van der Waals surface area contributed by atoms with Gasteiger partial charge in [-0.25, -0.2) is 0 Å². The van der Waals surface area contributed by atoms with Crippen LogP contribution in [0.4, 0.5) is 0 Å². The second-order valence-corrected chi connectivity index (χ2v) is 7.59. The lowest BCUT2D eigenvalue weighted by atomic mass is 10.1. The highest BCUT2D eigenvalue weighted by atomic mass is 32.1. The van der Waals surface area contributed by atoms with Crippen molar-refractivity contribution in [1.29, 1.82) is 0 Å². The second kappa shape index (κ2) is 7.03. The van der Waals surface area contributed by atoms with Crippen LogP contribution >= 0.6 is 11.3 Å². The molecular formula is C19H24N2O2S. The number of ketones is 1. The normalized spacial score (nSPS) is 17.5. The molecule has 2 heterocycles. The second-order valence-electron chi connectivity index (χ2n) is 6.54. The molecule has 1 amide bonds. The Balaban J connectivity index is 1.81. The number of carbonyl (C=O) groups is 2. The third kappa shape index (κ3) is 3.52. The van der Waals surface area contributed by atoms with Gasteiger partial charge in [0, 0.05) is 29.6 Å². The lowest BCUT2D eigenvalue weighted by Gasteiger charge is -2.22. The van der Waals surface area contributed by atoms with E-state index < -0.39 is 0 Å². The van der Waals surface area contributed by atoms with E-state index in [0.717, 1.165) is 27.4 Å². The molecular weight excluding hydrogens is 320 g/mol. The van der Waals surface area contributed by atoms with Crippen LogP contribution in [0.15, 0.2) is 24.4 Å². The molecule has 1 aromatic heterocycles. The number of thiophene rings is 1. The monoisotopic (exact) mass is 344 g/mol. The van der Waals surface area contributed by atoms with Crippen molar-refractivity contribution >= 4 is 28.6 Å². The first kappa shape index (κ1) is 17.1. The number of fused-ring (bicyclic) bond motifs is 1. The maximum atomic E-state index is 12.4. The minimum Gasteiger partial charge on any atom is -0.316 e. The molecule has 2 aliphatic rings. The van der Waals surface area contributed by atoms with Crippen LogP contribution in [0.3, 0.4) is 0 Å². The molecule has 0 atom stereocenters. The number of amides is 1. The molecule has 1 aromatic rings. The van der Waals surface area contributed by atoms with E-state index in [-0.39, 0.29) is 11.7 Å². The molecule has 1 aliphatic carbocycles. The quantitative estimate of drug-likeness (QED) is 0.636. The van der Waals surface area contributed by atoms with Crippen molar-refractivity contribution in [3.8, 4) is 0 Å². The summed E-state index contributed by atoms with van der Waals surface area (Å²) >= 11 is 1.56. The molecule has 0 saturated heterocycles. The van der Waals surface area contributed by atoms with E-state index in [0.29, 0.717) is 25.6 Å². The molecule has 0 bridgehead atoms. The van der Waals surface area contributed by atoms with Crippen molar-refractivity contribution in [2.45, 2.75) is 45.6 Å². The van der Waals surface area contributed by atoms with Crippen molar-refractivity contribution in [1.82, 2.24) is 10.2 Å². The molecule has 5 heteroatoms. The van der Waals surface area contributed by atoms with E-state index in [1.54, 1.807) is 17.4 Å². The third-order valence-electron chi connectivity index (χ3n) is 4.73. The Kier molecular flexibility index (Phi) is 5.01. The number of nitrogens with zero attached hydrogens (tertiary/aromatic N) is 1. The third-order valence-corrected chi connectivity index (χ3v) is 6.06. The van der Waals surface area contributed by atoms with Crippen LogP contribution in [0.5, 0.6) is 0 Å². The fourth-order valence-electron chi connectivity index (χ4n) is 2.99. The Morgan fingerprint density at radius 1 is 1.42 bits per heavy atom. The largest absolute Gasteiger partial charge is 0.316 e. The highest BCUT2D eigenvalue weighted by molar-refractivity contribution is 7.15. The summed E-state index contributed by atoms with van der Waals surface area (Å²) in [5.41, 5.74) is 3.26. The summed E-state index contributed by atoms with van der Waals surface area (Å²) in [5, 5.41) is 3.29. The molecule has 1 aliphatic heterocycles. The summed E-state index contributed by atoms with van der Waals surface area (Å²) in [5.74, 6) is 0.256. The summed E-state index contributed by atoms with van der Waals surface area (Å²) in [4.78, 5) is 28.5. The van der Waals surface area contributed by atoms with Crippen molar-refractivity contribution in [2.75, 3.05) is 13.1 Å². The van der Waals surface area contributed by atoms with Gasteiger partial charge in [-0.05, 0) is 50.3 Å². The number of hydrogen-bond acceptors (Lipinski definition) is 4. The summed E-state index contributed by atoms with van der Waals surface area (Å²) in [6, 6.07) is 2.56. The van der Waals surface area contributed by atoms with Crippen LogP contribution in [0.1, 0.15) is 53.2 Å². The van der Waals surface area contributed by atoms with Crippen LogP contribution in [0, 0.1) is 0 Å². The van der Waals surface area contributed by atoms with Crippen LogP contribution < -0.4 is 5.32 Å². The van der Waals surface area contributed by atoms with Gasteiger partial charge >= 0.3 is 0 Å². The van der Waals surface area contributed by atoms with E-state index in [2.05, 4.69) is 11.9 Å². The van der Waals surface area contributed by atoms with Gasteiger partial charge in [-0.2, -0.15) is 0 Å². The number of carbonyl (C=O) groups excluding carboxylic acids is 2. The number of allylic oxidation sites excluding steroid dienone is 2. The smallest absolute Gasteiger partial charge is 0.230 e. The average Bonchev–Trinajstić information content (AvgIpc) is 3.31. The van der Waals surface area contributed by atoms with Gasteiger partial charge in [-0.1, -0.05) is 6.08 Å². The van der Waals surface area contributed by atoms with E-state index >= 15 is 0 Å². The van der Waals surface area contributed by atoms with Gasteiger partial charge in [0.2, 0.25) is 5.91 Å². The van der Waals surface area contributed by atoms with Crippen LogP contribution in [-0.2, 0) is 11.2 Å². The van der Waals surface area contributed by atoms with Crippen LogP contribution in [0.25, 0.3) is 5.57 Å². The highest BCUT2D eigenvalue weighted by Gasteiger charge is 2.26. The SMILES string of the molecule is C=CCC(=O)N1CCc2cc(C(=O)CNC3CC3)sc2C(C)=C1C. The lowest BCUT2D eigenvalue weighted by molar-refractivity contribution is -0.128. The molecule has 3 rings (SSSR count). The zero-order chi connectivity index (χ0) is 17.3. The number of nitrogens with one attached hydrogen (secondary N) is 1. The molecule has 0 aromatic carbocycles. The number of rotatable bonds is 6. The van der Waals surface area contributed by atoms with Gasteiger partial charge in [0.1, 0.15) is 0 Å². The van der Waals surface area contributed by atoms with Gasteiger partial charge in [-0.15, -0.1) is 17.9 Å². The Hall–Kier alpha value is -1.72. The van der Waals surface area contributed by atoms with Gasteiger partial charge in [0.05, 0.1) is 11.4 Å². The number of Topliss-reactive ketones (excluding diaryl/α,β-unsaturated/α-hetero) is 1. The first-order valence-corrected chi connectivity index (χ1v) is 9.31. The molecule has 0 unspecified atom stereocenters. The summed E-state index contributed by atoms with van der Waals surface area (Å²) in [7, 11) is 0. The molecule has 128 valence electrons. The topological polar surface area (TPSA) is 49.4 Å². The zero-order valence-corrected chi connectivity index (χ0v) is 15.2. The van der Waals surface area contributed by atoms with Crippen molar-refractivity contribution in [2.24, 2.45) is 0 Å². The molecule has 24 heavy (non-hydrogen) atoms. The highest BCUT2D eigenvalue weighted by Crippen LogP contribution is 2.35. The average molecular weight is 344 g/mol. The van der Waals surface area contributed by atoms with Crippen molar-refractivity contribution < 1.29 is 9.59 Å². The van der Waals surface area contributed by atoms with Gasteiger partial charge in [-0.3, -0.25) is 9.59 Å². The van der Waals surface area contributed by atoms with Crippen molar-refractivity contribution in [3.05, 3.63) is 39.7 Å². The molecule has 1 fully saturated rings. The summed E-state index contributed by atoms with van der Waals surface area (Å²) in [6.07, 6.45) is 5.16. The Morgan fingerprint density at radius 2 is 2.17 bits per heavy atom. The maximum absolute atomic E-state index is 12.4. The summed E-state index contributed by atoms with van der Waals surface area (Å²) in [6.45, 7) is 8.77. The number of hydrogen-bond donors (Lipinski definition) is 1. The Labute approximate surface area is 147 Å².